The maximum Gasteiger partial charge on any atom is 0.317 e. The molecule has 0 radical (unpaired) electrons. The summed E-state index contributed by atoms with van der Waals surface area (Å²) in [6.45, 7) is 0. The first-order chi connectivity index (χ1) is 8.02. The minimum Gasteiger partial charge on any atom is -0.550 e. The Morgan fingerprint density at radius 1 is 1.59 bits per heavy atom. The number of urea groups is 1. The van der Waals surface area contributed by atoms with Gasteiger partial charge in [0.25, 0.3) is 0 Å². The first-order valence-electron chi connectivity index (χ1n) is 5.65. The number of thioether (sulfide) groups is 1. The van der Waals surface area contributed by atoms with Crippen LogP contribution in [0.4, 0.5) is 4.79 Å². The molecule has 2 fully saturated rings. The van der Waals surface area contributed by atoms with Crippen molar-refractivity contribution in [3.8, 4) is 0 Å². The molecule has 96 valence electrons. The van der Waals surface area contributed by atoms with Gasteiger partial charge in [-0.3, -0.25) is 0 Å². The molecule has 0 aromatic rings. The van der Waals surface area contributed by atoms with Crippen LogP contribution >= 0.6 is 11.8 Å². The van der Waals surface area contributed by atoms with Crippen molar-refractivity contribution >= 4 is 23.8 Å². The molecule has 0 aromatic heterocycles. The van der Waals surface area contributed by atoms with Gasteiger partial charge in [0.1, 0.15) is 0 Å². The van der Waals surface area contributed by atoms with Gasteiger partial charge in [-0.15, -0.1) is 0 Å². The zero-order chi connectivity index (χ0) is 12.5. The highest BCUT2D eigenvalue weighted by atomic mass is 32.2. The van der Waals surface area contributed by atoms with Crippen LogP contribution < -0.4 is 15.7 Å². The summed E-state index contributed by atoms with van der Waals surface area (Å²) in [6, 6.07) is -0.580. The Kier molecular flexibility index (Phi) is 3.48. The summed E-state index contributed by atoms with van der Waals surface area (Å²) in [6.07, 6.45) is 1.98. The van der Waals surface area contributed by atoms with Gasteiger partial charge >= 0.3 is 6.03 Å². The van der Waals surface area contributed by atoms with E-state index in [2.05, 4.69) is 10.6 Å². The number of hydrogen-bond acceptors (Lipinski definition) is 5. The second kappa shape index (κ2) is 4.73. The molecule has 0 saturated carbocycles. The van der Waals surface area contributed by atoms with Gasteiger partial charge in [-0.05, 0) is 19.3 Å². The minimum absolute atomic E-state index is 0.0455. The number of nitrogens with one attached hydrogen (secondary N) is 2. The standard InChI is InChI=1S/C10H16N2O4S/c13-8(14)4-2-1-3-7-10(16)6(5-17-7)11-9(15)12-10/h6-7,16H,1-5H2,(H,13,14)(H2,11,12,15)/p-1/t6-,7+,10-/m1/s1. The van der Waals surface area contributed by atoms with Gasteiger partial charge in [-0.25, -0.2) is 4.79 Å². The van der Waals surface area contributed by atoms with Gasteiger partial charge in [0.2, 0.25) is 0 Å². The van der Waals surface area contributed by atoms with Crippen molar-refractivity contribution in [3.05, 3.63) is 0 Å². The van der Waals surface area contributed by atoms with Gasteiger partial charge < -0.3 is 25.6 Å². The second-order valence-corrected chi connectivity index (χ2v) is 5.65. The first kappa shape index (κ1) is 12.5. The molecule has 3 N–H and O–H groups in total. The Bertz CT molecular complexity index is 338. The number of unbranched alkanes of at least 4 members (excludes halogenated alkanes) is 1. The quantitative estimate of drug-likeness (QED) is 0.424. The lowest BCUT2D eigenvalue weighted by molar-refractivity contribution is -0.305. The molecule has 0 bridgehead atoms. The molecule has 0 aromatic carbocycles. The maximum atomic E-state index is 11.1. The summed E-state index contributed by atoms with van der Waals surface area (Å²) in [5.74, 6) is -0.364. The molecule has 2 amide bonds. The molecule has 2 saturated heterocycles. The van der Waals surface area contributed by atoms with Crippen LogP contribution in [-0.4, -0.2) is 39.9 Å². The Hall–Kier alpha value is -0.950. The molecule has 6 nitrogen and oxygen atoms in total. The number of amides is 2. The zero-order valence-corrected chi connectivity index (χ0v) is 10.1. The van der Waals surface area contributed by atoms with Gasteiger partial charge in [0.05, 0.1) is 11.3 Å². The van der Waals surface area contributed by atoms with Gasteiger partial charge in [-0.1, -0.05) is 6.42 Å². The summed E-state index contributed by atoms with van der Waals surface area (Å²) in [5, 5.41) is 25.7. The van der Waals surface area contributed by atoms with Crippen LogP contribution in [0.5, 0.6) is 0 Å². The highest BCUT2D eigenvalue weighted by molar-refractivity contribution is 8.00. The van der Waals surface area contributed by atoms with Crippen molar-refractivity contribution in [2.45, 2.75) is 42.7 Å². The molecule has 0 spiro atoms. The molecular formula is C10H15N2O4S-. The fourth-order valence-corrected chi connectivity index (χ4v) is 3.86. The summed E-state index contributed by atoms with van der Waals surface area (Å²) in [4.78, 5) is 21.4. The highest BCUT2D eigenvalue weighted by Crippen LogP contribution is 2.39. The van der Waals surface area contributed by atoms with Crippen LogP contribution in [0.15, 0.2) is 0 Å². The lowest BCUT2D eigenvalue weighted by atomic mass is 9.99. The molecule has 0 unspecified atom stereocenters. The van der Waals surface area contributed by atoms with Crippen molar-refractivity contribution in [1.29, 1.82) is 0 Å². The van der Waals surface area contributed by atoms with E-state index in [1.54, 1.807) is 11.8 Å². The Balaban J connectivity index is 1.82. The predicted octanol–water partition coefficient (Wildman–Crippen LogP) is -1.22. The van der Waals surface area contributed by atoms with Crippen LogP contribution in [0.1, 0.15) is 25.7 Å². The summed E-state index contributed by atoms with van der Waals surface area (Å²) < 4.78 is 0. The predicted molar refractivity (Wildman–Crippen MR) is 60.1 cm³/mol. The van der Waals surface area contributed by atoms with E-state index in [4.69, 9.17) is 0 Å². The molecular weight excluding hydrogens is 244 g/mol. The third-order valence-corrected chi connectivity index (χ3v) is 4.73. The molecule has 0 aliphatic carbocycles. The molecule has 17 heavy (non-hydrogen) atoms. The van der Waals surface area contributed by atoms with E-state index in [-0.39, 0.29) is 23.7 Å². The molecule has 2 heterocycles. The van der Waals surface area contributed by atoms with Crippen molar-refractivity contribution in [2.24, 2.45) is 0 Å². The molecule has 2 aliphatic rings. The van der Waals surface area contributed by atoms with E-state index in [9.17, 15) is 19.8 Å². The number of hydrogen-bond donors (Lipinski definition) is 3. The van der Waals surface area contributed by atoms with Crippen molar-refractivity contribution < 1.29 is 19.8 Å². The number of fused-ring (bicyclic) bond motifs is 1. The largest absolute Gasteiger partial charge is 0.550 e. The normalized spacial score (nSPS) is 35.2. The Morgan fingerprint density at radius 3 is 3.06 bits per heavy atom. The number of aliphatic carboxylic acids is 1. The van der Waals surface area contributed by atoms with E-state index < -0.39 is 11.7 Å². The first-order valence-corrected chi connectivity index (χ1v) is 6.70. The van der Waals surface area contributed by atoms with E-state index in [1.807, 2.05) is 0 Å². The van der Waals surface area contributed by atoms with E-state index in [0.29, 0.717) is 25.0 Å². The third kappa shape index (κ3) is 2.50. The fourth-order valence-electron chi connectivity index (χ4n) is 2.29. The van der Waals surface area contributed by atoms with Crippen LogP contribution in [0.25, 0.3) is 0 Å². The monoisotopic (exact) mass is 259 g/mol. The van der Waals surface area contributed by atoms with E-state index in [0.717, 1.165) is 0 Å². The Morgan fingerprint density at radius 2 is 2.35 bits per heavy atom. The molecule has 7 heteroatoms. The van der Waals surface area contributed by atoms with Crippen LogP contribution in [0.2, 0.25) is 0 Å². The highest BCUT2D eigenvalue weighted by Gasteiger charge is 2.55. The number of carboxylic acid groups (broad SMARTS) is 1. The second-order valence-electron chi connectivity index (χ2n) is 4.42. The number of carbonyl (C=O) groups excluding carboxylic acids is 2. The van der Waals surface area contributed by atoms with Crippen LogP contribution in [-0.2, 0) is 4.79 Å². The summed E-state index contributed by atoms with van der Waals surface area (Å²) in [5.41, 5.74) is -1.18. The van der Waals surface area contributed by atoms with Gasteiger partial charge in [-0.2, -0.15) is 11.8 Å². The minimum atomic E-state index is -1.18. The average molecular weight is 259 g/mol. The van der Waals surface area contributed by atoms with Crippen molar-refractivity contribution in [2.75, 3.05) is 5.75 Å². The number of carbonyl (C=O) groups is 2. The smallest absolute Gasteiger partial charge is 0.317 e. The SMILES string of the molecule is O=C([O-])CCCC[C@@H]1SC[C@H]2NC(=O)N[C@]12O. The topological polar surface area (TPSA) is 101 Å². The zero-order valence-electron chi connectivity index (χ0n) is 9.27. The number of carboxylic acids is 1. The van der Waals surface area contributed by atoms with Crippen LogP contribution in [0, 0.1) is 0 Å². The summed E-state index contributed by atoms with van der Waals surface area (Å²) >= 11 is 1.60. The fraction of sp³-hybridized carbons (Fsp3) is 0.800. The molecule has 3 atom stereocenters. The van der Waals surface area contributed by atoms with E-state index in [1.165, 1.54) is 0 Å². The Labute approximate surface area is 103 Å². The van der Waals surface area contributed by atoms with Crippen molar-refractivity contribution in [3.63, 3.8) is 0 Å². The molecule has 2 rings (SSSR count). The van der Waals surface area contributed by atoms with Crippen LogP contribution in [0.3, 0.4) is 0 Å². The third-order valence-electron chi connectivity index (χ3n) is 3.20. The van der Waals surface area contributed by atoms with E-state index >= 15 is 0 Å². The summed E-state index contributed by atoms with van der Waals surface area (Å²) in [7, 11) is 0. The lowest BCUT2D eigenvalue weighted by Gasteiger charge is -2.27. The number of rotatable bonds is 5. The lowest BCUT2D eigenvalue weighted by Crippen LogP contribution is -2.53. The van der Waals surface area contributed by atoms with Gasteiger partial charge in [0, 0.05) is 11.7 Å². The average Bonchev–Trinajstić information content (AvgIpc) is 2.66. The van der Waals surface area contributed by atoms with Gasteiger partial charge in [0.15, 0.2) is 5.72 Å². The maximum absolute atomic E-state index is 11.1. The van der Waals surface area contributed by atoms with Crippen molar-refractivity contribution in [1.82, 2.24) is 10.6 Å². The molecule has 2 aliphatic heterocycles. The number of aliphatic hydroxyl groups is 1.